The van der Waals surface area contributed by atoms with E-state index in [-0.39, 0.29) is 5.91 Å². The molecule has 1 atom stereocenters. The minimum atomic E-state index is -0.515. The molecule has 0 fully saturated rings. The number of carbonyl (C=O) groups is 1. The number of nitrogens with one attached hydrogen (secondary N) is 1. The molecule has 0 saturated carbocycles. The summed E-state index contributed by atoms with van der Waals surface area (Å²) in [6, 6.07) is 15.5. The predicted octanol–water partition coefficient (Wildman–Crippen LogP) is 2.85. The van der Waals surface area contributed by atoms with E-state index in [1.165, 1.54) is 0 Å². The van der Waals surface area contributed by atoms with Gasteiger partial charge in [0.2, 0.25) is 0 Å². The van der Waals surface area contributed by atoms with E-state index in [2.05, 4.69) is 10.2 Å². The summed E-state index contributed by atoms with van der Waals surface area (Å²) >= 11 is 6.06. The molecule has 0 radical (unpaired) electrons. The lowest BCUT2D eigenvalue weighted by molar-refractivity contribution is -0.127. The Morgan fingerprint density at radius 1 is 1.32 bits per heavy atom. The van der Waals surface area contributed by atoms with Crippen LogP contribution in [0.5, 0.6) is 5.75 Å². The average molecular weight is 317 g/mol. The molecule has 1 aliphatic rings. The van der Waals surface area contributed by atoms with Gasteiger partial charge in [0, 0.05) is 18.6 Å². The van der Waals surface area contributed by atoms with Gasteiger partial charge >= 0.3 is 0 Å². The number of fused-ring (bicyclic) bond motifs is 1. The molecule has 1 amide bonds. The lowest BCUT2D eigenvalue weighted by Gasteiger charge is -2.35. The van der Waals surface area contributed by atoms with Crippen molar-refractivity contribution in [3.05, 3.63) is 59.1 Å². The SMILES string of the molecule is CNC(=O)[C@H]1CN(Cc2cccc(Cl)c2)c2ccccc2O1. The van der Waals surface area contributed by atoms with E-state index in [0.29, 0.717) is 18.1 Å². The summed E-state index contributed by atoms with van der Waals surface area (Å²) in [6.07, 6.45) is -0.515. The minimum absolute atomic E-state index is 0.120. The molecule has 0 spiro atoms. The number of hydrogen-bond donors (Lipinski definition) is 1. The van der Waals surface area contributed by atoms with E-state index in [4.69, 9.17) is 16.3 Å². The smallest absolute Gasteiger partial charge is 0.262 e. The fourth-order valence-electron chi connectivity index (χ4n) is 2.61. The standard InChI is InChI=1S/C17H17ClN2O2/c1-19-17(21)16-11-20(10-12-5-4-6-13(18)9-12)14-7-2-3-8-15(14)22-16/h2-9,16H,10-11H2,1H3,(H,19,21)/t16-/m1/s1. The Morgan fingerprint density at radius 3 is 2.91 bits per heavy atom. The Labute approximate surface area is 134 Å². The molecule has 2 aromatic rings. The van der Waals surface area contributed by atoms with E-state index < -0.39 is 6.10 Å². The molecule has 114 valence electrons. The lowest BCUT2D eigenvalue weighted by Crippen LogP contribution is -2.47. The summed E-state index contributed by atoms with van der Waals surface area (Å²) < 4.78 is 5.80. The zero-order valence-electron chi connectivity index (χ0n) is 12.3. The summed E-state index contributed by atoms with van der Waals surface area (Å²) in [5.41, 5.74) is 2.09. The molecule has 1 aliphatic heterocycles. The van der Waals surface area contributed by atoms with Crippen molar-refractivity contribution in [1.29, 1.82) is 0 Å². The quantitative estimate of drug-likeness (QED) is 0.946. The van der Waals surface area contributed by atoms with Crippen LogP contribution in [0.15, 0.2) is 48.5 Å². The number of carbonyl (C=O) groups excluding carboxylic acids is 1. The summed E-state index contributed by atoms with van der Waals surface area (Å²) in [5.74, 6) is 0.606. The molecule has 2 aromatic carbocycles. The van der Waals surface area contributed by atoms with Gasteiger partial charge in [-0.2, -0.15) is 0 Å². The van der Waals surface area contributed by atoms with Crippen LogP contribution in [-0.4, -0.2) is 25.6 Å². The summed E-state index contributed by atoms with van der Waals surface area (Å²) in [6.45, 7) is 1.18. The molecular weight excluding hydrogens is 300 g/mol. The molecule has 0 bridgehead atoms. The van der Waals surface area contributed by atoms with E-state index in [1.807, 2.05) is 48.5 Å². The van der Waals surface area contributed by atoms with Crippen molar-refractivity contribution in [2.75, 3.05) is 18.5 Å². The first-order valence-corrected chi connectivity index (χ1v) is 7.52. The van der Waals surface area contributed by atoms with Crippen LogP contribution in [0, 0.1) is 0 Å². The van der Waals surface area contributed by atoms with Gasteiger partial charge in [-0.1, -0.05) is 35.9 Å². The van der Waals surface area contributed by atoms with E-state index >= 15 is 0 Å². The number of halogens is 1. The normalized spacial score (nSPS) is 16.6. The molecule has 3 rings (SSSR count). The molecule has 0 saturated heterocycles. The highest BCUT2D eigenvalue weighted by atomic mass is 35.5. The molecule has 1 N–H and O–H groups in total. The fraction of sp³-hybridized carbons (Fsp3) is 0.235. The highest BCUT2D eigenvalue weighted by molar-refractivity contribution is 6.30. The van der Waals surface area contributed by atoms with Crippen LogP contribution in [0.2, 0.25) is 5.02 Å². The number of amides is 1. The number of rotatable bonds is 3. The second kappa shape index (κ2) is 6.28. The third kappa shape index (κ3) is 3.02. The van der Waals surface area contributed by atoms with Crippen molar-refractivity contribution in [2.24, 2.45) is 0 Å². The number of ether oxygens (including phenoxy) is 1. The zero-order valence-corrected chi connectivity index (χ0v) is 13.0. The number of likely N-dealkylation sites (N-methyl/N-ethyl adjacent to an activating group) is 1. The highest BCUT2D eigenvalue weighted by Crippen LogP contribution is 2.34. The van der Waals surface area contributed by atoms with Crippen LogP contribution < -0.4 is 15.0 Å². The molecule has 5 heteroatoms. The van der Waals surface area contributed by atoms with Crippen molar-refractivity contribution >= 4 is 23.2 Å². The second-order valence-corrected chi connectivity index (χ2v) is 5.64. The average Bonchev–Trinajstić information content (AvgIpc) is 2.54. The van der Waals surface area contributed by atoms with Gasteiger partial charge in [-0.25, -0.2) is 0 Å². The van der Waals surface area contributed by atoms with Gasteiger partial charge < -0.3 is 15.0 Å². The van der Waals surface area contributed by atoms with Gasteiger partial charge in [0.25, 0.3) is 5.91 Å². The number of hydrogen-bond acceptors (Lipinski definition) is 3. The number of nitrogens with zero attached hydrogens (tertiary/aromatic N) is 1. The van der Waals surface area contributed by atoms with E-state index in [9.17, 15) is 4.79 Å². The lowest BCUT2D eigenvalue weighted by atomic mass is 10.1. The number of benzene rings is 2. The zero-order chi connectivity index (χ0) is 15.5. The summed E-state index contributed by atoms with van der Waals surface area (Å²) in [5, 5.41) is 3.36. The van der Waals surface area contributed by atoms with Gasteiger partial charge in [0.05, 0.1) is 12.2 Å². The van der Waals surface area contributed by atoms with Crippen LogP contribution in [-0.2, 0) is 11.3 Å². The van der Waals surface area contributed by atoms with E-state index in [1.54, 1.807) is 7.05 Å². The van der Waals surface area contributed by atoms with Gasteiger partial charge in [-0.05, 0) is 29.8 Å². The van der Waals surface area contributed by atoms with Gasteiger partial charge in [0.1, 0.15) is 5.75 Å². The maximum absolute atomic E-state index is 11.9. The Hall–Kier alpha value is -2.20. The number of para-hydroxylation sites is 2. The molecule has 22 heavy (non-hydrogen) atoms. The predicted molar refractivity (Wildman–Crippen MR) is 87.4 cm³/mol. The third-order valence-electron chi connectivity index (χ3n) is 3.66. The van der Waals surface area contributed by atoms with Crippen LogP contribution in [0.1, 0.15) is 5.56 Å². The maximum Gasteiger partial charge on any atom is 0.262 e. The van der Waals surface area contributed by atoms with Crippen molar-refractivity contribution in [1.82, 2.24) is 5.32 Å². The first kappa shape index (κ1) is 14.7. The van der Waals surface area contributed by atoms with E-state index in [0.717, 1.165) is 17.0 Å². The van der Waals surface area contributed by atoms with Crippen molar-refractivity contribution in [2.45, 2.75) is 12.6 Å². The molecule has 0 aromatic heterocycles. The maximum atomic E-state index is 11.9. The van der Waals surface area contributed by atoms with Crippen molar-refractivity contribution in [3.63, 3.8) is 0 Å². The number of anilines is 1. The van der Waals surface area contributed by atoms with Crippen LogP contribution in [0.25, 0.3) is 0 Å². The van der Waals surface area contributed by atoms with Crippen LogP contribution >= 0.6 is 11.6 Å². The van der Waals surface area contributed by atoms with Gasteiger partial charge in [-0.15, -0.1) is 0 Å². The molecule has 1 heterocycles. The summed E-state index contributed by atoms with van der Waals surface area (Å²) in [4.78, 5) is 14.1. The Bertz CT molecular complexity index is 690. The molecule has 0 unspecified atom stereocenters. The summed E-state index contributed by atoms with van der Waals surface area (Å²) in [7, 11) is 1.62. The third-order valence-corrected chi connectivity index (χ3v) is 3.90. The molecule has 0 aliphatic carbocycles. The Balaban J connectivity index is 1.89. The Morgan fingerprint density at radius 2 is 2.14 bits per heavy atom. The first-order chi connectivity index (χ1) is 10.7. The molecule has 4 nitrogen and oxygen atoms in total. The second-order valence-electron chi connectivity index (χ2n) is 5.20. The van der Waals surface area contributed by atoms with Crippen molar-refractivity contribution < 1.29 is 9.53 Å². The van der Waals surface area contributed by atoms with Crippen LogP contribution in [0.4, 0.5) is 5.69 Å². The highest BCUT2D eigenvalue weighted by Gasteiger charge is 2.29. The first-order valence-electron chi connectivity index (χ1n) is 7.14. The van der Waals surface area contributed by atoms with Gasteiger partial charge in [0.15, 0.2) is 6.10 Å². The van der Waals surface area contributed by atoms with Crippen molar-refractivity contribution in [3.8, 4) is 5.75 Å². The monoisotopic (exact) mass is 316 g/mol. The topological polar surface area (TPSA) is 41.6 Å². The largest absolute Gasteiger partial charge is 0.477 e. The fourth-order valence-corrected chi connectivity index (χ4v) is 2.82. The molecular formula is C17H17ClN2O2. The van der Waals surface area contributed by atoms with Gasteiger partial charge in [-0.3, -0.25) is 4.79 Å². The van der Waals surface area contributed by atoms with Crippen LogP contribution in [0.3, 0.4) is 0 Å². The minimum Gasteiger partial charge on any atom is -0.477 e. The Kier molecular flexibility index (Phi) is 4.20.